The van der Waals surface area contributed by atoms with Crippen molar-refractivity contribution in [2.45, 2.75) is 31.6 Å². The molecule has 1 aliphatic carbocycles. The number of benzene rings is 2. The van der Waals surface area contributed by atoms with Gasteiger partial charge in [-0.3, -0.25) is 14.9 Å². The molecule has 0 atom stereocenters. The SMILES string of the molecule is Cc1ccc(NC(=O)C2(c3ccccc3)CCC2)cc1[N+](=O)[O-]. The summed E-state index contributed by atoms with van der Waals surface area (Å²) in [4.78, 5) is 23.4. The topological polar surface area (TPSA) is 72.2 Å². The summed E-state index contributed by atoms with van der Waals surface area (Å²) in [5, 5.41) is 13.9. The first-order valence-electron chi connectivity index (χ1n) is 7.65. The Kier molecular flexibility index (Phi) is 3.86. The van der Waals surface area contributed by atoms with Crippen LogP contribution in [-0.4, -0.2) is 10.8 Å². The van der Waals surface area contributed by atoms with Gasteiger partial charge in [0.1, 0.15) is 0 Å². The van der Waals surface area contributed by atoms with Crippen molar-refractivity contribution in [1.82, 2.24) is 0 Å². The molecule has 5 heteroatoms. The number of nitro benzene ring substituents is 1. The number of nitro groups is 1. The Morgan fingerprint density at radius 2 is 1.87 bits per heavy atom. The molecule has 1 fully saturated rings. The molecular weight excluding hydrogens is 292 g/mol. The molecule has 23 heavy (non-hydrogen) atoms. The molecule has 5 nitrogen and oxygen atoms in total. The highest BCUT2D eigenvalue weighted by atomic mass is 16.6. The van der Waals surface area contributed by atoms with Crippen LogP contribution in [0.3, 0.4) is 0 Å². The van der Waals surface area contributed by atoms with E-state index in [1.54, 1.807) is 19.1 Å². The molecule has 0 heterocycles. The summed E-state index contributed by atoms with van der Waals surface area (Å²) in [6, 6.07) is 14.5. The molecule has 0 radical (unpaired) electrons. The fraction of sp³-hybridized carbons (Fsp3) is 0.278. The third-order valence-electron chi connectivity index (χ3n) is 4.63. The molecule has 1 aliphatic rings. The minimum atomic E-state index is -0.513. The van der Waals surface area contributed by atoms with Crippen LogP contribution in [0.25, 0.3) is 0 Å². The average Bonchev–Trinajstić information content (AvgIpc) is 2.49. The molecule has 2 aromatic rings. The molecule has 1 saturated carbocycles. The standard InChI is InChI=1S/C18H18N2O3/c1-13-8-9-15(12-16(13)20(22)23)19-17(21)18(10-5-11-18)14-6-3-2-4-7-14/h2-4,6-9,12H,5,10-11H2,1H3,(H,19,21). The maximum Gasteiger partial charge on any atom is 0.274 e. The molecule has 2 aromatic carbocycles. The molecule has 118 valence electrons. The van der Waals surface area contributed by atoms with Gasteiger partial charge in [-0.25, -0.2) is 0 Å². The molecule has 3 rings (SSSR count). The number of nitrogens with zero attached hydrogens (tertiary/aromatic N) is 1. The predicted molar refractivity (Wildman–Crippen MR) is 88.4 cm³/mol. The number of hydrogen-bond acceptors (Lipinski definition) is 3. The van der Waals surface area contributed by atoms with Gasteiger partial charge in [-0.2, -0.15) is 0 Å². The fourth-order valence-electron chi connectivity index (χ4n) is 3.07. The van der Waals surface area contributed by atoms with Crippen molar-refractivity contribution in [1.29, 1.82) is 0 Å². The number of carbonyl (C=O) groups is 1. The first-order valence-corrected chi connectivity index (χ1v) is 7.65. The lowest BCUT2D eigenvalue weighted by Crippen LogP contribution is -2.45. The van der Waals surface area contributed by atoms with Crippen LogP contribution in [0.1, 0.15) is 30.4 Å². The van der Waals surface area contributed by atoms with E-state index in [1.165, 1.54) is 6.07 Å². The van der Waals surface area contributed by atoms with E-state index in [9.17, 15) is 14.9 Å². The predicted octanol–water partition coefficient (Wildman–Crippen LogP) is 3.96. The van der Waals surface area contributed by atoms with E-state index in [0.717, 1.165) is 24.8 Å². The van der Waals surface area contributed by atoms with Crippen molar-refractivity contribution in [2.24, 2.45) is 0 Å². The molecule has 0 unspecified atom stereocenters. The van der Waals surface area contributed by atoms with Gasteiger partial charge < -0.3 is 5.32 Å². The second-order valence-electron chi connectivity index (χ2n) is 6.01. The van der Waals surface area contributed by atoms with E-state index in [4.69, 9.17) is 0 Å². The number of aryl methyl sites for hydroxylation is 1. The first-order chi connectivity index (χ1) is 11.0. The summed E-state index contributed by atoms with van der Waals surface area (Å²) < 4.78 is 0. The number of anilines is 1. The van der Waals surface area contributed by atoms with E-state index in [2.05, 4.69) is 5.32 Å². The van der Waals surface area contributed by atoms with Crippen LogP contribution in [-0.2, 0) is 10.2 Å². The highest BCUT2D eigenvalue weighted by Gasteiger charge is 2.45. The molecule has 0 aromatic heterocycles. The fourth-order valence-corrected chi connectivity index (χ4v) is 3.07. The van der Waals surface area contributed by atoms with Crippen LogP contribution < -0.4 is 5.32 Å². The summed E-state index contributed by atoms with van der Waals surface area (Å²) in [6.45, 7) is 1.68. The van der Waals surface area contributed by atoms with Crippen LogP contribution in [0.2, 0.25) is 0 Å². The van der Waals surface area contributed by atoms with Crippen molar-refractivity contribution in [3.63, 3.8) is 0 Å². The third-order valence-corrected chi connectivity index (χ3v) is 4.63. The van der Waals surface area contributed by atoms with Gasteiger partial charge >= 0.3 is 0 Å². The Labute approximate surface area is 134 Å². The maximum absolute atomic E-state index is 12.8. The van der Waals surface area contributed by atoms with E-state index in [1.807, 2.05) is 30.3 Å². The Balaban J connectivity index is 1.87. The summed E-state index contributed by atoms with van der Waals surface area (Å²) in [5.41, 5.74) is 1.56. The monoisotopic (exact) mass is 310 g/mol. The number of carbonyl (C=O) groups excluding carboxylic acids is 1. The summed E-state index contributed by atoms with van der Waals surface area (Å²) in [7, 11) is 0. The molecule has 0 spiro atoms. The van der Waals surface area contributed by atoms with Crippen molar-refractivity contribution < 1.29 is 9.72 Å². The lowest BCUT2D eigenvalue weighted by atomic mass is 9.64. The number of nitrogens with one attached hydrogen (secondary N) is 1. The highest BCUT2D eigenvalue weighted by Crippen LogP contribution is 2.44. The zero-order chi connectivity index (χ0) is 16.4. The Morgan fingerprint density at radius 1 is 1.17 bits per heavy atom. The minimum absolute atomic E-state index is 0.0187. The molecular formula is C18H18N2O3. The van der Waals surface area contributed by atoms with Crippen molar-refractivity contribution in [2.75, 3.05) is 5.32 Å². The Hall–Kier alpha value is -2.69. The normalized spacial score (nSPS) is 15.5. The van der Waals surface area contributed by atoms with Gasteiger partial charge in [0.25, 0.3) is 5.69 Å². The van der Waals surface area contributed by atoms with Crippen LogP contribution in [0.5, 0.6) is 0 Å². The third kappa shape index (κ3) is 2.70. The number of amides is 1. The van der Waals surface area contributed by atoms with Gasteiger partial charge in [0.15, 0.2) is 0 Å². The maximum atomic E-state index is 12.8. The molecule has 0 aliphatic heterocycles. The molecule has 0 bridgehead atoms. The lowest BCUT2D eigenvalue weighted by Gasteiger charge is -2.40. The van der Waals surface area contributed by atoms with Gasteiger partial charge in [-0.15, -0.1) is 0 Å². The summed E-state index contributed by atoms with van der Waals surface area (Å²) in [5.74, 6) is -0.0897. The first kappa shape index (κ1) is 15.2. The second kappa shape index (κ2) is 5.83. The van der Waals surface area contributed by atoms with Gasteiger partial charge in [-0.1, -0.05) is 42.8 Å². The van der Waals surface area contributed by atoms with Crippen molar-refractivity contribution in [3.8, 4) is 0 Å². The quantitative estimate of drug-likeness (QED) is 0.686. The van der Waals surface area contributed by atoms with E-state index < -0.39 is 10.3 Å². The largest absolute Gasteiger partial charge is 0.325 e. The average molecular weight is 310 g/mol. The number of hydrogen-bond donors (Lipinski definition) is 1. The Morgan fingerprint density at radius 3 is 2.43 bits per heavy atom. The van der Waals surface area contributed by atoms with Gasteiger partial charge in [-0.05, 0) is 31.4 Å². The zero-order valence-electron chi connectivity index (χ0n) is 12.9. The second-order valence-corrected chi connectivity index (χ2v) is 6.01. The molecule has 1 amide bonds. The summed E-state index contributed by atoms with van der Waals surface area (Å²) >= 11 is 0. The number of rotatable bonds is 4. The Bertz CT molecular complexity index is 752. The van der Waals surface area contributed by atoms with Gasteiger partial charge in [0.2, 0.25) is 5.91 Å². The highest BCUT2D eigenvalue weighted by molar-refractivity contribution is 6.00. The van der Waals surface area contributed by atoms with E-state index >= 15 is 0 Å². The molecule has 0 saturated heterocycles. The van der Waals surface area contributed by atoms with Crippen molar-refractivity contribution in [3.05, 3.63) is 69.8 Å². The van der Waals surface area contributed by atoms with Crippen molar-refractivity contribution >= 4 is 17.3 Å². The van der Waals surface area contributed by atoms with Crippen LogP contribution in [0, 0.1) is 17.0 Å². The van der Waals surface area contributed by atoms with Crippen LogP contribution in [0.4, 0.5) is 11.4 Å². The summed E-state index contributed by atoms with van der Waals surface area (Å²) in [6.07, 6.45) is 2.62. The smallest absolute Gasteiger partial charge is 0.274 e. The van der Waals surface area contributed by atoms with Gasteiger partial charge in [0.05, 0.1) is 10.3 Å². The van der Waals surface area contributed by atoms with E-state index in [0.29, 0.717) is 11.3 Å². The minimum Gasteiger partial charge on any atom is -0.325 e. The van der Waals surface area contributed by atoms with Crippen LogP contribution in [0.15, 0.2) is 48.5 Å². The zero-order valence-corrected chi connectivity index (χ0v) is 12.9. The van der Waals surface area contributed by atoms with Crippen LogP contribution >= 0.6 is 0 Å². The lowest BCUT2D eigenvalue weighted by molar-refractivity contribution is -0.385. The molecule has 1 N–H and O–H groups in total. The van der Waals surface area contributed by atoms with Gasteiger partial charge in [0, 0.05) is 17.3 Å². The van der Waals surface area contributed by atoms with E-state index in [-0.39, 0.29) is 11.6 Å².